The molecule has 1 aliphatic heterocycles. The molecule has 0 unspecified atom stereocenters. The van der Waals surface area contributed by atoms with Crippen molar-refractivity contribution in [2.24, 2.45) is 5.41 Å². The van der Waals surface area contributed by atoms with E-state index in [0.717, 1.165) is 13.2 Å². The Morgan fingerprint density at radius 1 is 1.45 bits per heavy atom. The lowest BCUT2D eigenvalue weighted by atomic mass is 9.92. The summed E-state index contributed by atoms with van der Waals surface area (Å²) in [6.45, 7) is 6.50. The van der Waals surface area contributed by atoms with Crippen LogP contribution in [0.25, 0.3) is 0 Å². The number of ether oxygens (including phenoxy) is 2. The van der Waals surface area contributed by atoms with Crippen LogP contribution in [0.1, 0.15) is 6.92 Å². The zero-order valence-electron chi connectivity index (χ0n) is 7.13. The van der Waals surface area contributed by atoms with E-state index >= 15 is 0 Å². The number of rotatable bonds is 3. The van der Waals surface area contributed by atoms with Gasteiger partial charge in [0.2, 0.25) is 0 Å². The molecule has 0 N–H and O–H groups in total. The van der Waals surface area contributed by atoms with Gasteiger partial charge in [0.25, 0.3) is 7.48 Å². The van der Waals surface area contributed by atoms with E-state index < -0.39 is 0 Å². The third-order valence-corrected chi connectivity index (χ3v) is 1.67. The first kappa shape index (κ1) is 9.04. The summed E-state index contributed by atoms with van der Waals surface area (Å²) in [5, 5.41) is 0. The second kappa shape index (κ2) is 4.09. The lowest BCUT2D eigenvalue weighted by Gasteiger charge is -2.32. The predicted molar refractivity (Wildman–Crippen MR) is 42.4 cm³/mol. The van der Waals surface area contributed by atoms with Crippen molar-refractivity contribution in [2.45, 2.75) is 13.7 Å². The van der Waals surface area contributed by atoms with Gasteiger partial charge in [-0.1, -0.05) is 13.7 Å². The molecule has 1 saturated heterocycles. The van der Waals surface area contributed by atoms with Gasteiger partial charge in [-0.15, -0.1) is 0 Å². The fourth-order valence-electron chi connectivity index (χ4n) is 1.04. The molecule has 3 nitrogen and oxygen atoms in total. The molecule has 0 aliphatic carbocycles. The maximum absolute atomic E-state index is 5.19. The summed E-state index contributed by atoms with van der Waals surface area (Å²) in [6.07, 6.45) is 0. The third-order valence-electron chi connectivity index (χ3n) is 1.67. The van der Waals surface area contributed by atoms with Crippen LogP contribution in [-0.2, 0) is 14.1 Å². The van der Waals surface area contributed by atoms with E-state index in [-0.39, 0.29) is 5.41 Å². The first-order valence-electron chi connectivity index (χ1n) is 3.82. The smallest absolute Gasteiger partial charge is 0.289 e. The molecule has 1 fully saturated rings. The van der Waals surface area contributed by atoms with Gasteiger partial charge in [0, 0.05) is 12.0 Å². The van der Waals surface area contributed by atoms with Crippen molar-refractivity contribution in [3.05, 3.63) is 0 Å². The summed E-state index contributed by atoms with van der Waals surface area (Å²) >= 11 is 0. The zero-order valence-corrected chi connectivity index (χ0v) is 7.13. The van der Waals surface area contributed by atoms with Gasteiger partial charge in [-0.05, 0) is 0 Å². The molecule has 0 atom stereocenters. The lowest BCUT2D eigenvalue weighted by molar-refractivity contribution is -0.167. The summed E-state index contributed by atoms with van der Waals surface area (Å²) < 4.78 is 15.5. The second-order valence-corrected chi connectivity index (χ2v) is 3.17. The van der Waals surface area contributed by atoms with Crippen LogP contribution in [0, 0.1) is 5.41 Å². The van der Waals surface area contributed by atoms with Crippen molar-refractivity contribution in [2.75, 3.05) is 26.6 Å². The molecule has 0 saturated carbocycles. The monoisotopic (exact) mass is 157 g/mol. The summed E-state index contributed by atoms with van der Waals surface area (Å²) in [5.74, 6) is 0. The second-order valence-electron chi connectivity index (χ2n) is 3.17. The minimum atomic E-state index is 0.0325. The molecular weight excluding hydrogens is 143 g/mol. The Labute approximate surface area is 68.3 Å². The number of hydrogen-bond acceptors (Lipinski definition) is 3. The molecular formula is C7H14BO3. The largest absolute Gasteiger partial charge is 0.440 e. The molecule has 0 aromatic carbocycles. The van der Waals surface area contributed by atoms with Crippen LogP contribution in [0.15, 0.2) is 0 Å². The molecule has 1 radical (unpaired) electrons. The highest BCUT2D eigenvalue weighted by Gasteiger charge is 2.28. The minimum Gasteiger partial charge on any atom is -0.440 e. The molecule has 0 spiro atoms. The Balaban J connectivity index is 2.25. The molecule has 63 valence electrons. The molecule has 0 amide bonds. The van der Waals surface area contributed by atoms with E-state index in [0.29, 0.717) is 13.4 Å². The predicted octanol–water partition coefficient (Wildman–Crippen LogP) is 0.681. The van der Waals surface area contributed by atoms with Gasteiger partial charge in [-0.2, -0.15) is 0 Å². The third kappa shape index (κ3) is 2.81. The minimum absolute atomic E-state index is 0.0325. The molecule has 1 aliphatic rings. The summed E-state index contributed by atoms with van der Waals surface area (Å²) in [7, 11) is 1.69. The molecule has 0 aromatic heterocycles. The molecule has 11 heavy (non-hydrogen) atoms. The van der Waals surface area contributed by atoms with Crippen LogP contribution < -0.4 is 0 Å². The van der Waals surface area contributed by atoms with Gasteiger partial charge in [-0.3, -0.25) is 0 Å². The lowest BCUT2D eigenvalue weighted by Crippen LogP contribution is -2.38. The fourth-order valence-corrected chi connectivity index (χ4v) is 1.04. The van der Waals surface area contributed by atoms with Crippen LogP contribution >= 0.6 is 0 Å². The van der Waals surface area contributed by atoms with Gasteiger partial charge < -0.3 is 14.1 Å². The highest BCUT2D eigenvalue weighted by Crippen LogP contribution is 2.21. The zero-order chi connectivity index (χ0) is 8.16. The van der Waals surface area contributed by atoms with E-state index in [9.17, 15) is 0 Å². The SMILES string of the molecule is C[B]OCC1(C)COCOC1. The Hall–Kier alpha value is -0.0551. The van der Waals surface area contributed by atoms with Gasteiger partial charge in [-0.25, -0.2) is 0 Å². The normalized spacial score (nSPS) is 23.1. The van der Waals surface area contributed by atoms with Crippen molar-refractivity contribution in [3.8, 4) is 0 Å². The summed E-state index contributed by atoms with van der Waals surface area (Å²) in [6, 6.07) is 0. The Morgan fingerprint density at radius 2 is 2.09 bits per heavy atom. The van der Waals surface area contributed by atoms with E-state index in [1.54, 1.807) is 7.48 Å². The fraction of sp³-hybridized carbons (Fsp3) is 1.00. The van der Waals surface area contributed by atoms with E-state index in [1.165, 1.54) is 0 Å². The quantitative estimate of drug-likeness (QED) is 0.563. The van der Waals surface area contributed by atoms with Gasteiger partial charge in [0.1, 0.15) is 6.79 Å². The number of hydrogen-bond donors (Lipinski definition) is 0. The first-order chi connectivity index (χ1) is 5.27. The molecule has 4 heteroatoms. The average molecular weight is 157 g/mol. The average Bonchev–Trinajstić information content (AvgIpc) is 2.03. The van der Waals surface area contributed by atoms with E-state index in [4.69, 9.17) is 14.1 Å². The van der Waals surface area contributed by atoms with Crippen molar-refractivity contribution >= 4 is 7.48 Å². The molecule has 0 bridgehead atoms. The van der Waals surface area contributed by atoms with E-state index in [1.807, 2.05) is 6.82 Å². The van der Waals surface area contributed by atoms with Crippen LogP contribution in [-0.4, -0.2) is 34.1 Å². The van der Waals surface area contributed by atoms with Gasteiger partial charge in [0.05, 0.1) is 13.2 Å². The maximum atomic E-state index is 5.19. The summed E-state index contributed by atoms with van der Waals surface area (Å²) in [5.41, 5.74) is 0.0325. The highest BCUT2D eigenvalue weighted by molar-refractivity contribution is 6.24. The molecule has 0 aromatic rings. The maximum Gasteiger partial charge on any atom is 0.289 e. The van der Waals surface area contributed by atoms with Crippen molar-refractivity contribution in [3.63, 3.8) is 0 Å². The Bertz CT molecular complexity index is 112. The van der Waals surface area contributed by atoms with Gasteiger partial charge in [0.15, 0.2) is 0 Å². The molecule has 1 rings (SSSR count). The first-order valence-corrected chi connectivity index (χ1v) is 3.82. The van der Waals surface area contributed by atoms with Crippen LogP contribution in [0.4, 0.5) is 0 Å². The van der Waals surface area contributed by atoms with Crippen molar-refractivity contribution in [1.82, 2.24) is 0 Å². The van der Waals surface area contributed by atoms with Crippen molar-refractivity contribution in [1.29, 1.82) is 0 Å². The van der Waals surface area contributed by atoms with Gasteiger partial charge >= 0.3 is 0 Å². The van der Waals surface area contributed by atoms with Crippen LogP contribution in [0.2, 0.25) is 6.82 Å². The molecule has 1 heterocycles. The Morgan fingerprint density at radius 3 is 2.64 bits per heavy atom. The topological polar surface area (TPSA) is 27.7 Å². The van der Waals surface area contributed by atoms with E-state index in [2.05, 4.69) is 6.92 Å². The van der Waals surface area contributed by atoms with Crippen LogP contribution in [0.3, 0.4) is 0 Å². The highest BCUT2D eigenvalue weighted by atomic mass is 16.7. The standard InChI is InChI=1S/C7H14BO3/c1-7(5-11-8-2)3-9-6-10-4-7/h3-6H2,1-2H3. The van der Waals surface area contributed by atoms with Crippen molar-refractivity contribution < 1.29 is 14.1 Å². The van der Waals surface area contributed by atoms with Crippen LogP contribution in [0.5, 0.6) is 0 Å². The summed E-state index contributed by atoms with van der Waals surface area (Å²) in [4.78, 5) is 0. The Kier molecular flexibility index (Phi) is 3.36.